The van der Waals surface area contributed by atoms with Crippen LogP contribution in [0.25, 0.3) is 20.4 Å². The van der Waals surface area contributed by atoms with Gasteiger partial charge in [0.15, 0.2) is 0 Å². The van der Waals surface area contributed by atoms with Crippen molar-refractivity contribution < 1.29 is 9.47 Å². The summed E-state index contributed by atoms with van der Waals surface area (Å²) in [5, 5.41) is 0.960. The lowest BCUT2D eigenvalue weighted by molar-refractivity contribution is -0.0411. The van der Waals surface area contributed by atoms with Gasteiger partial charge in [0.25, 0.3) is 5.56 Å². The van der Waals surface area contributed by atoms with Crippen LogP contribution in [0.15, 0.2) is 10.9 Å². The van der Waals surface area contributed by atoms with Crippen LogP contribution in [0.4, 0.5) is 0 Å². The van der Waals surface area contributed by atoms with Gasteiger partial charge in [0.1, 0.15) is 15.4 Å². The van der Waals surface area contributed by atoms with Crippen LogP contribution in [0.5, 0.6) is 0 Å². The molecule has 0 bridgehead atoms. The number of nitrogens with zero attached hydrogens (tertiary/aromatic N) is 3. The number of pyridine rings is 1. The summed E-state index contributed by atoms with van der Waals surface area (Å²) in [5.41, 5.74) is 2.76. The molecular weight excluding hydrogens is 362 g/mol. The minimum atomic E-state index is -0.201. The van der Waals surface area contributed by atoms with Gasteiger partial charge >= 0.3 is 0 Å². The Bertz CT molecular complexity index is 1110. The van der Waals surface area contributed by atoms with Gasteiger partial charge in [-0.3, -0.25) is 9.36 Å². The molecule has 1 saturated heterocycles. The minimum Gasteiger partial charge on any atom is -0.376 e. The zero-order valence-corrected chi connectivity index (χ0v) is 16.7. The van der Waals surface area contributed by atoms with Gasteiger partial charge in [-0.2, -0.15) is 0 Å². The summed E-state index contributed by atoms with van der Waals surface area (Å²) in [4.78, 5) is 23.7. The molecule has 2 aliphatic heterocycles. The zero-order chi connectivity index (χ0) is 18.8. The number of fused-ring (bicyclic) bond motifs is 4. The van der Waals surface area contributed by atoms with E-state index in [9.17, 15) is 4.79 Å². The zero-order valence-electron chi connectivity index (χ0n) is 15.9. The van der Waals surface area contributed by atoms with Crippen LogP contribution in [0.1, 0.15) is 43.8 Å². The molecule has 6 nitrogen and oxygen atoms in total. The van der Waals surface area contributed by atoms with Gasteiger partial charge in [-0.05, 0) is 39.7 Å². The van der Waals surface area contributed by atoms with E-state index in [4.69, 9.17) is 19.4 Å². The third kappa shape index (κ3) is 2.88. The van der Waals surface area contributed by atoms with E-state index < -0.39 is 0 Å². The molecule has 0 aliphatic carbocycles. The van der Waals surface area contributed by atoms with Gasteiger partial charge in [-0.15, -0.1) is 11.3 Å². The number of ether oxygens (including phenoxy) is 2. The van der Waals surface area contributed by atoms with Crippen LogP contribution in [-0.4, -0.2) is 32.8 Å². The fourth-order valence-electron chi connectivity index (χ4n) is 4.05. The summed E-state index contributed by atoms with van der Waals surface area (Å²) >= 11 is 1.45. The molecule has 3 aromatic rings. The van der Waals surface area contributed by atoms with Gasteiger partial charge in [0.2, 0.25) is 0 Å². The normalized spacial score (nSPS) is 21.8. The highest BCUT2D eigenvalue weighted by atomic mass is 32.1. The lowest BCUT2D eigenvalue weighted by atomic mass is 9.95. The molecule has 0 N–H and O–H groups in total. The van der Waals surface area contributed by atoms with Crippen LogP contribution in [-0.2, 0) is 29.0 Å². The van der Waals surface area contributed by atoms with E-state index in [0.29, 0.717) is 17.9 Å². The van der Waals surface area contributed by atoms with Gasteiger partial charge in [-0.25, -0.2) is 9.97 Å². The Morgan fingerprint density at radius 2 is 2.22 bits per heavy atom. The van der Waals surface area contributed by atoms with E-state index in [0.717, 1.165) is 58.7 Å². The highest BCUT2D eigenvalue weighted by Gasteiger charge is 2.28. The quantitative estimate of drug-likeness (QED) is 0.677. The van der Waals surface area contributed by atoms with E-state index >= 15 is 0 Å². The second-order valence-corrected chi connectivity index (χ2v) is 9.16. The Hall–Kier alpha value is -1.83. The largest absolute Gasteiger partial charge is 0.376 e. The van der Waals surface area contributed by atoms with Crippen molar-refractivity contribution >= 4 is 31.8 Å². The van der Waals surface area contributed by atoms with E-state index in [1.54, 1.807) is 4.57 Å². The molecule has 0 spiro atoms. The number of hydrogen-bond acceptors (Lipinski definition) is 6. The summed E-state index contributed by atoms with van der Waals surface area (Å²) in [5.74, 6) is 0.734. The first-order chi connectivity index (χ1) is 12.9. The summed E-state index contributed by atoms with van der Waals surface area (Å²) in [6.45, 7) is 7.98. The molecule has 0 unspecified atom stereocenters. The maximum Gasteiger partial charge on any atom is 0.271 e. The first kappa shape index (κ1) is 17.3. The number of thiophene rings is 1. The average Bonchev–Trinajstić information content (AvgIpc) is 3.24. The fraction of sp³-hybridized carbons (Fsp3) is 0.550. The maximum atomic E-state index is 13.2. The first-order valence-electron chi connectivity index (χ1n) is 9.49. The Balaban J connectivity index is 1.66. The lowest BCUT2D eigenvalue weighted by Crippen LogP contribution is -2.32. The molecule has 1 atom stereocenters. The first-order valence-corrected chi connectivity index (χ1v) is 10.3. The third-order valence-corrected chi connectivity index (χ3v) is 6.63. The molecule has 5 rings (SSSR count). The molecule has 0 aromatic carbocycles. The number of aryl methyl sites for hydroxylation is 1. The lowest BCUT2D eigenvalue weighted by Gasteiger charge is -2.30. The van der Waals surface area contributed by atoms with Gasteiger partial charge in [0, 0.05) is 24.0 Å². The maximum absolute atomic E-state index is 13.2. The average molecular weight is 385 g/mol. The summed E-state index contributed by atoms with van der Waals surface area (Å²) in [6.07, 6.45) is 2.95. The fourth-order valence-corrected chi connectivity index (χ4v) is 5.11. The standard InChI is InChI=1S/C20H23N3O3S/c1-11-21-16-14-7-12-10-26-20(2,3)8-15(12)22-18(14)27-17(16)19(24)23(11)9-13-5-4-6-25-13/h7,13H,4-6,8-10H2,1-3H3/t13-/m0/s1. The Kier molecular flexibility index (Phi) is 3.90. The smallest absolute Gasteiger partial charge is 0.271 e. The van der Waals surface area contributed by atoms with Crippen LogP contribution in [0, 0.1) is 6.92 Å². The van der Waals surface area contributed by atoms with Crippen LogP contribution < -0.4 is 5.56 Å². The molecule has 0 saturated carbocycles. The molecule has 1 fully saturated rings. The van der Waals surface area contributed by atoms with E-state index in [-0.39, 0.29) is 17.3 Å². The van der Waals surface area contributed by atoms with Gasteiger partial charge in [0.05, 0.1) is 36.1 Å². The van der Waals surface area contributed by atoms with Crippen molar-refractivity contribution in [2.75, 3.05) is 6.61 Å². The Morgan fingerprint density at radius 3 is 3.00 bits per heavy atom. The molecule has 2 aliphatic rings. The van der Waals surface area contributed by atoms with Crippen LogP contribution in [0.2, 0.25) is 0 Å². The monoisotopic (exact) mass is 385 g/mol. The summed E-state index contributed by atoms with van der Waals surface area (Å²) in [6, 6.07) is 2.11. The van der Waals surface area contributed by atoms with Crippen LogP contribution >= 0.6 is 11.3 Å². The predicted molar refractivity (Wildman–Crippen MR) is 105 cm³/mol. The van der Waals surface area contributed by atoms with Crippen molar-refractivity contribution in [1.82, 2.24) is 14.5 Å². The third-order valence-electron chi connectivity index (χ3n) is 5.55. The van der Waals surface area contributed by atoms with Crippen molar-refractivity contribution in [1.29, 1.82) is 0 Å². The topological polar surface area (TPSA) is 66.2 Å². The highest BCUT2D eigenvalue weighted by Crippen LogP contribution is 2.34. The Morgan fingerprint density at radius 1 is 1.37 bits per heavy atom. The van der Waals surface area contributed by atoms with Crippen molar-refractivity contribution in [3.05, 3.63) is 33.5 Å². The molecule has 27 heavy (non-hydrogen) atoms. The van der Waals surface area contributed by atoms with Gasteiger partial charge in [-0.1, -0.05) is 0 Å². The molecule has 7 heteroatoms. The number of aromatic nitrogens is 3. The van der Waals surface area contributed by atoms with E-state index in [1.807, 2.05) is 6.92 Å². The van der Waals surface area contributed by atoms with Gasteiger partial charge < -0.3 is 9.47 Å². The molecular formula is C20H23N3O3S. The summed E-state index contributed by atoms with van der Waals surface area (Å²) < 4.78 is 14.1. The van der Waals surface area contributed by atoms with Crippen molar-refractivity contribution in [2.45, 2.75) is 64.9 Å². The second kappa shape index (κ2) is 6.09. The summed E-state index contributed by atoms with van der Waals surface area (Å²) in [7, 11) is 0. The molecule has 5 heterocycles. The highest BCUT2D eigenvalue weighted by molar-refractivity contribution is 7.25. The molecule has 3 aromatic heterocycles. The SMILES string of the molecule is Cc1nc2c(sc3nc4c(cc32)COC(C)(C)C4)c(=O)n1C[C@@H]1CCCO1. The van der Waals surface area contributed by atoms with E-state index in [2.05, 4.69) is 19.9 Å². The van der Waals surface area contributed by atoms with Crippen molar-refractivity contribution in [2.24, 2.45) is 0 Å². The van der Waals surface area contributed by atoms with Crippen molar-refractivity contribution in [3.63, 3.8) is 0 Å². The second-order valence-electron chi connectivity index (χ2n) is 8.16. The molecule has 0 radical (unpaired) electrons. The Labute approximate surface area is 161 Å². The van der Waals surface area contributed by atoms with Crippen molar-refractivity contribution in [3.8, 4) is 0 Å². The predicted octanol–water partition coefficient (Wildman–Crippen LogP) is 3.34. The van der Waals surface area contributed by atoms with Crippen LogP contribution in [0.3, 0.4) is 0 Å². The minimum absolute atomic E-state index is 0.0190. The number of rotatable bonds is 2. The molecule has 142 valence electrons. The number of hydrogen-bond donors (Lipinski definition) is 0. The molecule has 0 amide bonds. The van der Waals surface area contributed by atoms with E-state index in [1.165, 1.54) is 11.3 Å².